The molecule has 0 fully saturated rings. The maximum absolute atomic E-state index is 13.5. The topological polar surface area (TPSA) is 108 Å². The Morgan fingerprint density at radius 2 is 1.80 bits per heavy atom. The van der Waals surface area contributed by atoms with Crippen molar-refractivity contribution in [1.29, 1.82) is 5.26 Å². The van der Waals surface area contributed by atoms with Crippen molar-refractivity contribution in [2.24, 2.45) is 0 Å². The van der Waals surface area contributed by atoms with Gasteiger partial charge in [0, 0.05) is 24.7 Å². The van der Waals surface area contributed by atoms with Gasteiger partial charge in [0.1, 0.15) is 11.6 Å². The molecule has 0 unspecified atom stereocenters. The number of rotatable bonds is 9. The number of hydrogen-bond donors (Lipinski definition) is 2. The third-order valence-corrected chi connectivity index (χ3v) is 3.90. The van der Waals surface area contributed by atoms with Crippen LogP contribution >= 0.6 is 0 Å². The molecule has 2 amide bonds. The van der Waals surface area contributed by atoms with Gasteiger partial charge in [0.15, 0.2) is 6.61 Å². The molecule has 0 spiro atoms. The first-order valence-corrected chi connectivity index (χ1v) is 9.03. The third kappa shape index (κ3) is 7.31. The molecule has 0 saturated carbocycles. The minimum Gasteiger partial charge on any atom is -0.456 e. The standard InChI is InChI=1S/C21H19F2N3O4/c22-15-5-8-17(18(23)12-15)21(29)25-11-1-2-20(28)30-13-19(27)26-16-6-3-14(4-7-16)9-10-24/h3-8,12H,1-2,9,11,13H2,(H,25,29)(H,26,27). The number of halogens is 2. The van der Waals surface area contributed by atoms with E-state index in [1.165, 1.54) is 0 Å². The second-order valence-electron chi connectivity index (χ2n) is 6.22. The van der Waals surface area contributed by atoms with E-state index in [9.17, 15) is 23.2 Å². The SMILES string of the molecule is N#CCc1ccc(NC(=O)COC(=O)CCCNC(=O)c2ccc(F)cc2F)cc1. The number of anilines is 1. The minimum absolute atomic E-state index is 0.0533. The molecule has 0 atom stereocenters. The van der Waals surface area contributed by atoms with Crippen molar-refractivity contribution in [3.63, 3.8) is 0 Å². The number of esters is 1. The lowest BCUT2D eigenvalue weighted by Gasteiger charge is -2.08. The van der Waals surface area contributed by atoms with Gasteiger partial charge in [-0.2, -0.15) is 5.26 Å². The molecule has 0 bridgehead atoms. The summed E-state index contributed by atoms with van der Waals surface area (Å²) in [4.78, 5) is 35.3. The molecule has 7 nitrogen and oxygen atoms in total. The Morgan fingerprint density at radius 3 is 2.47 bits per heavy atom. The first kappa shape index (κ1) is 22.5. The van der Waals surface area contributed by atoms with Crippen LogP contribution in [0.2, 0.25) is 0 Å². The van der Waals surface area contributed by atoms with Crippen molar-refractivity contribution >= 4 is 23.5 Å². The predicted molar refractivity (Wildman–Crippen MR) is 103 cm³/mol. The Bertz CT molecular complexity index is 956. The van der Waals surface area contributed by atoms with E-state index in [1.807, 2.05) is 6.07 Å². The van der Waals surface area contributed by atoms with Crippen LogP contribution in [0.5, 0.6) is 0 Å². The van der Waals surface area contributed by atoms with Crippen LogP contribution in [0, 0.1) is 23.0 Å². The fraction of sp³-hybridized carbons (Fsp3) is 0.238. The Hall–Kier alpha value is -3.80. The fourth-order valence-corrected chi connectivity index (χ4v) is 2.42. The molecule has 0 heterocycles. The average Bonchev–Trinajstić information content (AvgIpc) is 2.71. The zero-order valence-corrected chi connectivity index (χ0v) is 15.9. The van der Waals surface area contributed by atoms with Crippen molar-refractivity contribution < 1.29 is 27.9 Å². The number of carbonyl (C=O) groups is 3. The lowest BCUT2D eigenvalue weighted by molar-refractivity contribution is -0.147. The Balaban J connectivity index is 1.64. The van der Waals surface area contributed by atoms with E-state index in [2.05, 4.69) is 10.6 Å². The largest absolute Gasteiger partial charge is 0.456 e. The van der Waals surface area contributed by atoms with Crippen LogP contribution in [0.1, 0.15) is 28.8 Å². The Labute approximate surface area is 171 Å². The van der Waals surface area contributed by atoms with E-state index in [0.29, 0.717) is 11.8 Å². The Morgan fingerprint density at radius 1 is 1.07 bits per heavy atom. The summed E-state index contributed by atoms with van der Waals surface area (Å²) in [6.07, 6.45) is 0.433. The van der Waals surface area contributed by atoms with Gasteiger partial charge in [-0.1, -0.05) is 12.1 Å². The second kappa shape index (κ2) is 11.3. The highest BCUT2D eigenvalue weighted by atomic mass is 19.1. The van der Waals surface area contributed by atoms with Crippen molar-refractivity contribution in [2.45, 2.75) is 19.3 Å². The summed E-state index contributed by atoms with van der Waals surface area (Å²) in [6, 6.07) is 11.3. The van der Waals surface area contributed by atoms with Crippen LogP contribution in [0.15, 0.2) is 42.5 Å². The summed E-state index contributed by atoms with van der Waals surface area (Å²) in [5.41, 5.74) is 1.03. The highest BCUT2D eigenvalue weighted by molar-refractivity contribution is 5.94. The van der Waals surface area contributed by atoms with E-state index >= 15 is 0 Å². The highest BCUT2D eigenvalue weighted by Gasteiger charge is 2.13. The molecule has 2 rings (SSSR count). The maximum Gasteiger partial charge on any atom is 0.306 e. The van der Waals surface area contributed by atoms with Gasteiger partial charge in [0.2, 0.25) is 0 Å². The Kier molecular flexibility index (Phi) is 8.44. The van der Waals surface area contributed by atoms with Crippen LogP contribution in [-0.2, 0) is 20.7 Å². The normalized spacial score (nSPS) is 10.0. The van der Waals surface area contributed by atoms with Crippen LogP contribution in [0.25, 0.3) is 0 Å². The van der Waals surface area contributed by atoms with Crippen LogP contribution in [0.4, 0.5) is 14.5 Å². The van der Waals surface area contributed by atoms with E-state index in [-0.39, 0.29) is 31.4 Å². The first-order chi connectivity index (χ1) is 14.4. The molecule has 9 heteroatoms. The molecule has 2 aromatic carbocycles. The number of benzene rings is 2. The minimum atomic E-state index is -0.974. The van der Waals surface area contributed by atoms with E-state index in [0.717, 1.165) is 17.7 Å². The van der Waals surface area contributed by atoms with Crippen molar-refractivity contribution in [1.82, 2.24) is 5.32 Å². The summed E-state index contributed by atoms with van der Waals surface area (Å²) < 4.78 is 31.2. The molecule has 2 aromatic rings. The van der Waals surface area contributed by atoms with E-state index in [4.69, 9.17) is 10.00 Å². The second-order valence-corrected chi connectivity index (χ2v) is 6.22. The molecule has 0 radical (unpaired) electrons. The fourth-order valence-electron chi connectivity index (χ4n) is 2.42. The zero-order valence-electron chi connectivity index (χ0n) is 15.9. The van der Waals surface area contributed by atoms with Crippen LogP contribution in [0.3, 0.4) is 0 Å². The molecular weight excluding hydrogens is 396 g/mol. The average molecular weight is 415 g/mol. The molecule has 0 saturated heterocycles. The zero-order chi connectivity index (χ0) is 21.9. The van der Waals surface area contributed by atoms with Gasteiger partial charge >= 0.3 is 5.97 Å². The monoisotopic (exact) mass is 415 g/mol. The van der Waals surface area contributed by atoms with Gasteiger partial charge < -0.3 is 15.4 Å². The molecular formula is C21H19F2N3O4. The van der Waals surface area contributed by atoms with Gasteiger partial charge in [-0.25, -0.2) is 8.78 Å². The molecule has 0 aromatic heterocycles. The molecule has 0 aliphatic rings. The summed E-state index contributed by atoms with van der Waals surface area (Å²) in [6.45, 7) is -0.391. The summed E-state index contributed by atoms with van der Waals surface area (Å²) in [7, 11) is 0. The number of ether oxygens (including phenoxy) is 1. The van der Waals surface area contributed by atoms with Crippen LogP contribution < -0.4 is 10.6 Å². The first-order valence-electron chi connectivity index (χ1n) is 9.03. The number of nitrogens with zero attached hydrogens (tertiary/aromatic N) is 1. The van der Waals surface area contributed by atoms with Gasteiger partial charge in [-0.3, -0.25) is 14.4 Å². The van der Waals surface area contributed by atoms with E-state index < -0.39 is 36.0 Å². The number of carbonyl (C=O) groups excluding carboxylic acids is 3. The van der Waals surface area contributed by atoms with Crippen molar-refractivity contribution in [3.8, 4) is 6.07 Å². The van der Waals surface area contributed by atoms with Crippen molar-refractivity contribution in [2.75, 3.05) is 18.5 Å². The van der Waals surface area contributed by atoms with Gasteiger partial charge in [-0.05, 0) is 36.2 Å². The number of hydrogen-bond acceptors (Lipinski definition) is 5. The lowest BCUT2D eigenvalue weighted by Crippen LogP contribution is -2.26. The lowest BCUT2D eigenvalue weighted by atomic mass is 10.1. The van der Waals surface area contributed by atoms with Crippen molar-refractivity contribution in [3.05, 3.63) is 65.2 Å². The van der Waals surface area contributed by atoms with Gasteiger partial charge in [0.05, 0.1) is 18.1 Å². The summed E-state index contributed by atoms with van der Waals surface area (Å²) >= 11 is 0. The third-order valence-electron chi connectivity index (χ3n) is 3.90. The van der Waals surface area contributed by atoms with Crippen LogP contribution in [-0.4, -0.2) is 30.9 Å². The molecule has 156 valence electrons. The number of nitrogens with one attached hydrogen (secondary N) is 2. The molecule has 0 aliphatic heterocycles. The number of nitriles is 1. The summed E-state index contributed by atoms with van der Waals surface area (Å²) in [5, 5.41) is 13.6. The summed E-state index contributed by atoms with van der Waals surface area (Å²) in [5.74, 6) is -3.63. The highest BCUT2D eigenvalue weighted by Crippen LogP contribution is 2.10. The van der Waals surface area contributed by atoms with E-state index in [1.54, 1.807) is 24.3 Å². The van der Waals surface area contributed by atoms with Gasteiger partial charge in [-0.15, -0.1) is 0 Å². The molecule has 2 N–H and O–H groups in total. The molecule has 0 aliphatic carbocycles. The number of amides is 2. The smallest absolute Gasteiger partial charge is 0.306 e. The van der Waals surface area contributed by atoms with Gasteiger partial charge in [0.25, 0.3) is 11.8 Å². The molecule has 30 heavy (non-hydrogen) atoms. The maximum atomic E-state index is 13.5. The quantitative estimate of drug-likeness (QED) is 0.484. The predicted octanol–water partition coefficient (Wildman–Crippen LogP) is 2.72.